The Balaban J connectivity index is 0.000000777. The molecule has 9 heteroatoms. The number of carbonyl (C=O) groups excluding carboxylic acids is 5. The minimum Gasteiger partial charge on any atom is -0.359 e. The number of pyridine rings is 1. The van der Waals surface area contributed by atoms with Gasteiger partial charge in [-0.15, -0.1) is 0 Å². The number of allylic oxidation sites excluding steroid dienone is 1. The number of nitrogens with one attached hydrogen (secondary N) is 3. The molecule has 0 spiro atoms. The lowest BCUT2D eigenvalue weighted by Gasteiger charge is -2.26. The van der Waals surface area contributed by atoms with Gasteiger partial charge in [-0.3, -0.25) is 24.2 Å². The first-order chi connectivity index (χ1) is 18.4. The molecule has 1 aliphatic carbocycles. The molecule has 0 radical (unpaired) electrons. The van der Waals surface area contributed by atoms with Crippen LogP contribution in [0, 0.1) is 5.92 Å². The van der Waals surface area contributed by atoms with E-state index < -0.39 is 12.0 Å². The maximum atomic E-state index is 13.0. The molecule has 3 amide bonds. The zero-order valence-electron chi connectivity index (χ0n) is 22.2. The highest BCUT2D eigenvalue weighted by Crippen LogP contribution is 2.23. The first-order valence-corrected chi connectivity index (χ1v) is 12.6. The number of aromatic nitrogens is 1. The van der Waals surface area contributed by atoms with Crippen molar-refractivity contribution in [2.45, 2.75) is 51.5 Å². The topological polar surface area (TPSA) is 134 Å². The Morgan fingerprint density at radius 2 is 1.61 bits per heavy atom. The zero-order valence-corrected chi connectivity index (χ0v) is 22.2. The monoisotopic (exact) mass is 522 g/mol. The molecule has 2 atom stereocenters. The van der Waals surface area contributed by atoms with Gasteiger partial charge in [0.15, 0.2) is 5.78 Å². The second-order valence-electron chi connectivity index (χ2n) is 8.58. The molecule has 0 bridgehead atoms. The number of benzene rings is 1. The van der Waals surface area contributed by atoms with Crippen molar-refractivity contribution in [1.82, 2.24) is 20.9 Å². The van der Waals surface area contributed by atoms with Crippen molar-refractivity contribution in [1.29, 1.82) is 0 Å². The third-order valence-corrected chi connectivity index (χ3v) is 5.74. The van der Waals surface area contributed by atoms with Crippen molar-refractivity contribution in [3.05, 3.63) is 78.1 Å². The van der Waals surface area contributed by atoms with E-state index in [-0.39, 0.29) is 48.6 Å². The fourth-order valence-electron chi connectivity index (χ4n) is 3.73. The smallest absolute Gasteiger partial charge is 0.269 e. The quantitative estimate of drug-likeness (QED) is 0.411. The minimum atomic E-state index is -0.732. The predicted octanol–water partition coefficient (Wildman–Crippen LogP) is 3.03. The van der Waals surface area contributed by atoms with Crippen molar-refractivity contribution >= 4 is 30.3 Å². The molecule has 204 valence electrons. The van der Waals surface area contributed by atoms with Crippen LogP contribution in [0.1, 0.15) is 55.9 Å². The Kier molecular flexibility index (Phi) is 16.0. The van der Waals surface area contributed by atoms with Gasteiger partial charge in [-0.25, -0.2) is 0 Å². The van der Waals surface area contributed by atoms with E-state index in [0.717, 1.165) is 31.3 Å². The summed E-state index contributed by atoms with van der Waals surface area (Å²) in [5, 5.41) is 7.99. The lowest BCUT2D eigenvalue weighted by Crippen LogP contribution is -2.46. The molecule has 0 saturated heterocycles. The third-order valence-electron chi connectivity index (χ3n) is 5.74. The molecule has 0 fully saturated rings. The third kappa shape index (κ3) is 12.2. The largest absolute Gasteiger partial charge is 0.359 e. The van der Waals surface area contributed by atoms with Gasteiger partial charge in [0, 0.05) is 38.5 Å². The highest BCUT2D eigenvalue weighted by molar-refractivity contribution is 5.95. The van der Waals surface area contributed by atoms with E-state index in [1.54, 1.807) is 25.1 Å². The summed E-state index contributed by atoms with van der Waals surface area (Å²) >= 11 is 0. The molecule has 0 aliphatic heterocycles. The molecule has 0 saturated carbocycles. The Morgan fingerprint density at radius 1 is 0.947 bits per heavy atom. The van der Waals surface area contributed by atoms with E-state index in [1.165, 1.54) is 13.2 Å². The molecule has 38 heavy (non-hydrogen) atoms. The molecule has 3 rings (SSSR count). The molecule has 1 heterocycles. The van der Waals surface area contributed by atoms with E-state index >= 15 is 0 Å². The van der Waals surface area contributed by atoms with Crippen LogP contribution in [0.4, 0.5) is 0 Å². The molecular formula is C29H38N4O5. The lowest BCUT2D eigenvalue weighted by atomic mass is 9.86. The Morgan fingerprint density at radius 3 is 2.13 bits per heavy atom. The maximum absolute atomic E-state index is 13.0. The van der Waals surface area contributed by atoms with E-state index in [1.807, 2.05) is 49.3 Å². The van der Waals surface area contributed by atoms with Gasteiger partial charge < -0.3 is 20.7 Å². The van der Waals surface area contributed by atoms with Crippen LogP contribution in [0.25, 0.3) is 0 Å². The highest BCUT2D eigenvalue weighted by atomic mass is 16.2. The fourth-order valence-corrected chi connectivity index (χ4v) is 3.73. The Labute approximate surface area is 224 Å². The molecule has 9 nitrogen and oxygen atoms in total. The molecule has 2 aromatic rings. The van der Waals surface area contributed by atoms with Crippen LogP contribution in [-0.2, 0) is 19.2 Å². The summed E-state index contributed by atoms with van der Waals surface area (Å²) in [4.78, 5) is 61.1. The van der Waals surface area contributed by atoms with Gasteiger partial charge in [-0.05, 0) is 43.4 Å². The van der Waals surface area contributed by atoms with Gasteiger partial charge in [-0.2, -0.15) is 0 Å². The van der Waals surface area contributed by atoms with Crippen LogP contribution < -0.4 is 16.0 Å². The van der Waals surface area contributed by atoms with Gasteiger partial charge in [0.25, 0.3) is 5.91 Å². The summed E-state index contributed by atoms with van der Waals surface area (Å²) in [5.74, 6) is -1.58. The molecule has 3 N–H and O–H groups in total. The van der Waals surface area contributed by atoms with Gasteiger partial charge in [0.2, 0.25) is 11.8 Å². The average molecular weight is 523 g/mol. The molecular weight excluding hydrogens is 484 g/mol. The van der Waals surface area contributed by atoms with Crippen molar-refractivity contribution in [3.63, 3.8) is 0 Å². The number of nitrogens with zero attached hydrogens (tertiary/aromatic N) is 1. The van der Waals surface area contributed by atoms with Crippen molar-refractivity contribution in [2.24, 2.45) is 5.92 Å². The van der Waals surface area contributed by atoms with E-state index in [2.05, 4.69) is 20.9 Å². The van der Waals surface area contributed by atoms with E-state index in [0.29, 0.717) is 0 Å². The zero-order chi connectivity index (χ0) is 28.2. The minimum absolute atomic E-state index is 0.0411. The lowest BCUT2D eigenvalue weighted by molar-refractivity contribution is -0.131. The molecule has 1 aliphatic rings. The van der Waals surface area contributed by atoms with Crippen LogP contribution >= 0.6 is 0 Å². The molecule has 1 aromatic carbocycles. The number of carbonyl (C=O) groups is 5. The first kappa shape index (κ1) is 31.9. The number of Topliss-reactive ketones (excluding diaryl/α,β-unsaturated/α-hetero) is 1. The van der Waals surface area contributed by atoms with Crippen LogP contribution in [0.5, 0.6) is 0 Å². The van der Waals surface area contributed by atoms with Crippen LogP contribution in [0.15, 0.2) is 72.4 Å². The van der Waals surface area contributed by atoms with Crippen LogP contribution in [0.2, 0.25) is 0 Å². The number of hydrogen-bond acceptors (Lipinski definition) is 6. The van der Waals surface area contributed by atoms with Gasteiger partial charge >= 0.3 is 0 Å². The molecule has 2 unspecified atom stereocenters. The summed E-state index contributed by atoms with van der Waals surface area (Å²) in [6.07, 6.45) is 7.31. The van der Waals surface area contributed by atoms with Crippen LogP contribution in [-0.4, -0.2) is 54.9 Å². The molecule has 1 aromatic heterocycles. The SMILES string of the molecule is C=O.CNC(=O)CC(C)C(=O)C(NC(=O)CCNC(=O)c1ccccn1)C1=CCCCC1.c1ccccc1. The summed E-state index contributed by atoms with van der Waals surface area (Å²) in [6, 6.07) is 16.3. The van der Waals surface area contributed by atoms with Crippen molar-refractivity contribution in [3.8, 4) is 0 Å². The van der Waals surface area contributed by atoms with Gasteiger partial charge in [0.05, 0.1) is 0 Å². The van der Waals surface area contributed by atoms with E-state index in [4.69, 9.17) is 4.79 Å². The number of rotatable bonds is 10. The van der Waals surface area contributed by atoms with Gasteiger partial charge in [0.1, 0.15) is 18.5 Å². The summed E-state index contributed by atoms with van der Waals surface area (Å²) in [7, 11) is 1.53. The second-order valence-corrected chi connectivity index (χ2v) is 8.58. The van der Waals surface area contributed by atoms with Crippen molar-refractivity contribution in [2.75, 3.05) is 13.6 Å². The maximum Gasteiger partial charge on any atom is 0.269 e. The number of hydrogen-bond donors (Lipinski definition) is 3. The highest BCUT2D eigenvalue weighted by Gasteiger charge is 2.30. The summed E-state index contributed by atoms with van der Waals surface area (Å²) in [5.41, 5.74) is 1.18. The Bertz CT molecular complexity index is 1000. The standard InChI is InChI=1S/C22H30N4O4.C6H6.CH2O/c1-15(14-19(28)23-2)21(29)20(16-8-4-3-5-9-16)26-18(27)11-13-25-22(30)17-10-6-7-12-24-17;1-2-4-6-5-3-1;1-2/h6-8,10,12,15,20H,3-5,9,11,13-14H2,1-2H3,(H,23,28)(H,25,30)(H,26,27);1-6H;1H2. The fraction of sp³-hybridized carbons (Fsp3) is 0.379. The average Bonchev–Trinajstić information content (AvgIpc) is 2.98. The van der Waals surface area contributed by atoms with E-state index in [9.17, 15) is 19.2 Å². The van der Waals surface area contributed by atoms with Gasteiger partial charge in [-0.1, -0.05) is 55.5 Å². The Hall–Kier alpha value is -4.14. The second kappa shape index (κ2) is 19.0. The first-order valence-electron chi connectivity index (χ1n) is 12.6. The number of ketones is 1. The summed E-state index contributed by atoms with van der Waals surface area (Å²) < 4.78 is 0. The van der Waals surface area contributed by atoms with Crippen LogP contribution in [0.3, 0.4) is 0 Å². The summed E-state index contributed by atoms with van der Waals surface area (Å²) in [6.45, 7) is 3.84. The normalized spacial score (nSPS) is 13.5. The van der Waals surface area contributed by atoms with Crippen molar-refractivity contribution < 1.29 is 24.0 Å². The number of amides is 3. The predicted molar refractivity (Wildman–Crippen MR) is 146 cm³/mol.